The van der Waals surface area contributed by atoms with Crippen molar-refractivity contribution in [2.75, 3.05) is 37.7 Å². The van der Waals surface area contributed by atoms with Crippen molar-refractivity contribution in [1.82, 2.24) is 10.1 Å². The van der Waals surface area contributed by atoms with Gasteiger partial charge in [-0.3, -0.25) is 4.90 Å². The molecule has 0 radical (unpaired) electrons. The van der Waals surface area contributed by atoms with Crippen molar-refractivity contribution in [2.24, 2.45) is 5.92 Å². The fourth-order valence-corrected chi connectivity index (χ4v) is 3.70. The highest BCUT2D eigenvalue weighted by Gasteiger charge is 2.33. The van der Waals surface area contributed by atoms with E-state index in [-0.39, 0.29) is 0 Å². The van der Waals surface area contributed by atoms with Crippen molar-refractivity contribution in [3.05, 3.63) is 24.3 Å². The van der Waals surface area contributed by atoms with E-state index in [4.69, 9.17) is 4.52 Å². The second kappa shape index (κ2) is 5.31. The molecule has 5 heteroatoms. The van der Waals surface area contributed by atoms with Crippen molar-refractivity contribution >= 4 is 16.8 Å². The summed E-state index contributed by atoms with van der Waals surface area (Å²) in [6.07, 6.45) is 2.29. The monoisotopic (exact) mass is 287 g/mol. The van der Waals surface area contributed by atoms with Crippen LogP contribution in [-0.2, 0) is 0 Å². The molecular weight excluding hydrogens is 266 g/mol. The number of hydrogen-bond acceptors (Lipinski definition) is 5. The highest BCUT2D eigenvalue weighted by Crippen LogP contribution is 2.30. The number of rotatable bonds is 2. The molecular formula is C16H21N3O2. The smallest absolute Gasteiger partial charge is 0.180 e. The average molecular weight is 287 g/mol. The van der Waals surface area contributed by atoms with Gasteiger partial charge in [-0.25, -0.2) is 0 Å². The van der Waals surface area contributed by atoms with Crippen molar-refractivity contribution in [3.8, 4) is 0 Å². The van der Waals surface area contributed by atoms with Crippen LogP contribution in [0.15, 0.2) is 28.8 Å². The molecule has 1 aromatic heterocycles. The van der Waals surface area contributed by atoms with E-state index in [9.17, 15) is 5.11 Å². The summed E-state index contributed by atoms with van der Waals surface area (Å²) >= 11 is 0. The Labute approximate surface area is 124 Å². The van der Waals surface area contributed by atoms with Crippen LogP contribution >= 0.6 is 0 Å². The first-order valence-corrected chi connectivity index (χ1v) is 7.79. The Bertz CT molecular complexity index is 627. The lowest BCUT2D eigenvalue weighted by Gasteiger charge is -2.46. The Balaban J connectivity index is 1.54. The van der Waals surface area contributed by atoms with Crippen molar-refractivity contribution in [1.29, 1.82) is 0 Å². The number of benzene rings is 1. The van der Waals surface area contributed by atoms with Crippen LogP contribution in [0.4, 0.5) is 5.82 Å². The van der Waals surface area contributed by atoms with E-state index < -0.39 is 0 Å². The molecule has 3 heterocycles. The zero-order valence-electron chi connectivity index (χ0n) is 12.1. The molecule has 0 spiro atoms. The van der Waals surface area contributed by atoms with Crippen LogP contribution in [-0.4, -0.2) is 54.0 Å². The molecule has 0 bridgehead atoms. The van der Waals surface area contributed by atoms with Gasteiger partial charge in [0.2, 0.25) is 0 Å². The third-order valence-electron chi connectivity index (χ3n) is 4.92. The SMILES string of the molecule is OC[C@H]1CC[C@@H]2CN(c3noc4ccccc34)CCN2C1. The Hall–Kier alpha value is -1.59. The summed E-state index contributed by atoms with van der Waals surface area (Å²) < 4.78 is 5.43. The normalized spacial score (nSPS) is 27.0. The van der Waals surface area contributed by atoms with Crippen LogP contribution in [0.25, 0.3) is 11.0 Å². The van der Waals surface area contributed by atoms with Crippen molar-refractivity contribution in [2.45, 2.75) is 18.9 Å². The quantitative estimate of drug-likeness (QED) is 0.911. The first-order chi connectivity index (χ1) is 10.3. The summed E-state index contributed by atoms with van der Waals surface area (Å²) in [5, 5.41) is 14.7. The Kier molecular flexibility index (Phi) is 3.31. The number of piperazine rings is 1. The van der Waals surface area contributed by atoms with E-state index in [0.29, 0.717) is 18.6 Å². The lowest BCUT2D eigenvalue weighted by atomic mass is 9.91. The first-order valence-electron chi connectivity index (χ1n) is 7.79. The summed E-state index contributed by atoms with van der Waals surface area (Å²) in [6.45, 7) is 4.39. The van der Waals surface area contributed by atoms with E-state index in [1.54, 1.807) is 0 Å². The molecule has 1 aromatic carbocycles. The summed E-state index contributed by atoms with van der Waals surface area (Å²) in [5.74, 6) is 1.44. The minimum absolute atomic E-state index is 0.320. The maximum Gasteiger partial charge on any atom is 0.180 e. The maximum atomic E-state index is 9.34. The minimum Gasteiger partial charge on any atom is -0.396 e. The number of nitrogens with zero attached hydrogens (tertiary/aromatic N) is 3. The van der Waals surface area contributed by atoms with Gasteiger partial charge in [0.15, 0.2) is 11.4 Å². The molecule has 2 aliphatic rings. The Morgan fingerprint density at radius 1 is 1.19 bits per heavy atom. The second-order valence-electron chi connectivity index (χ2n) is 6.22. The van der Waals surface area contributed by atoms with Gasteiger partial charge in [0, 0.05) is 38.8 Å². The number of piperidine rings is 1. The summed E-state index contributed by atoms with van der Waals surface area (Å²) in [6, 6.07) is 8.64. The molecule has 0 aliphatic carbocycles. The summed E-state index contributed by atoms with van der Waals surface area (Å²) in [4.78, 5) is 4.88. The molecule has 4 rings (SSSR count). The van der Waals surface area contributed by atoms with Gasteiger partial charge >= 0.3 is 0 Å². The number of anilines is 1. The fourth-order valence-electron chi connectivity index (χ4n) is 3.70. The van der Waals surface area contributed by atoms with Gasteiger partial charge in [-0.15, -0.1) is 0 Å². The molecule has 1 N–H and O–H groups in total. The van der Waals surface area contributed by atoms with Gasteiger partial charge in [-0.05, 0) is 30.9 Å². The molecule has 2 aromatic rings. The third kappa shape index (κ3) is 2.30. The zero-order chi connectivity index (χ0) is 14.2. The van der Waals surface area contributed by atoms with Crippen LogP contribution < -0.4 is 4.90 Å². The van der Waals surface area contributed by atoms with Gasteiger partial charge in [-0.2, -0.15) is 0 Å². The predicted molar refractivity (Wildman–Crippen MR) is 81.4 cm³/mol. The topological polar surface area (TPSA) is 52.7 Å². The maximum absolute atomic E-state index is 9.34. The number of aliphatic hydroxyl groups excluding tert-OH is 1. The van der Waals surface area contributed by atoms with Crippen LogP contribution in [0.3, 0.4) is 0 Å². The van der Waals surface area contributed by atoms with Crippen molar-refractivity contribution in [3.63, 3.8) is 0 Å². The predicted octanol–water partition coefficient (Wildman–Crippen LogP) is 1.72. The molecule has 0 saturated carbocycles. The molecule has 2 aliphatic heterocycles. The number of fused-ring (bicyclic) bond motifs is 2. The molecule has 5 nitrogen and oxygen atoms in total. The van der Waals surface area contributed by atoms with Gasteiger partial charge in [-0.1, -0.05) is 17.3 Å². The number of hydrogen-bond donors (Lipinski definition) is 1. The van der Waals surface area contributed by atoms with E-state index in [1.165, 1.54) is 0 Å². The molecule has 2 fully saturated rings. The van der Waals surface area contributed by atoms with Gasteiger partial charge in [0.25, 0.3) is 0 Å². The first kappa shape index (κ1) is 13.1. The lowest BCUT2D eigenvalue weighted by molar-refractivity contribution is 0.0672. The Morgan fingerprint density at radius 3 is 3.00 bits per heavy atom. The van der Waals surface area contributed by atoms with E-state index in [2.05, 4.69) is 21.0 Å². The van der Waals surface area contributed by atoms with E-state index >= 15 is 0 Å². The molecule has 0 amide bonds. The molecule has 2 atom stereocenters. The standard InChI is InChI=1S/C16H21N3O2/c20-11-12-5-6-13-10-19(8-7-18(13)9-12)16-14-3-1-2-4-15(14)21-17-16/h1-4,12-13,20H,5-11H2/t12-,13+/m0/s1. The molecule has 112 valence electrons. The van der Waals surface area contributed by atoms with Gasteiger partial charge in [0.05, 0.1) is 5.39 Å². The number of aromatic nitrogens is 1. The van der Waals surface area contributed by atoms with Crippen molar-refractivity contribution < 1.29 is 9.63 Å². The molecule has 2 saturated heterocycles. The number of para-hydroxylation sites is 1. The third-order valence-corrected chi connectivity index (χ3v) is 4.92. The second-order valence-corrected chi connectivity index (χ2v) is 6.22. The average Bonchev–Trinajstić information content (AvgIpc) is 2.98. The summed E-state index contributed by atoms with van der Waals surface area (Å²) in [7, 11) is 0. The van der Waals surface area contributed by atoms with Crippen LogP contribution in [0.1, 0.15) is 12.8 Å². The Morgan fingerprint density at radius 2 is 2.10 bits per heavy atom. The zero-order valence-corrected chi connectivity index (χ0v) is 12.1. The van der Waals surface area contributed by atoms with E-state index in [0.717, 1.165) is 55.8 Å². The van der Waals surface area contributed by atoms with Crippen LogP contribution in [0.2, 0.25) is 0 Å². The summed E-state index contributed by atoms with van der Waals surface area (Å²) in [5.41, 5.74) is 0.860. The largest absolute Gasteiger partial charge is 0.396 e. The van der Waals surface area contributed by atoms with Gasteiger partial charge < -0.3 is 14.5 Å². The highest BCUT2D eigenvalue weighted by atomic mass is 16.5. The molecule has 0 unspecified atom stereocenters. The molecule has 21 heavy (non-hydrogen) atoms. The minimum atomic E-state index is 0.320. The highest BCUT2D eigenvalue weighted by molar-refractivity contribution is 5.88. The van der Waals surface area contributed by atoms with Gasteiger partial charge in [0.1, 0.15) is 0 Å². The van der Waals surface area contributed by atoms with Crippen LogP contribution in [0, 0.1) is 5.92 Å². The fraction of sp³-hybridized carbons (Fsp3) is 0.562. The number of aliphatic hydroxyl groups is 1. The van der Waals surface area contributed by atoms with E-state index in [1.807, 2.05) is 18.2 Å². The van der Waals surface area contributed by atoms with Crippen LogP contribution in [0.5, 0.6) is 0 Å². The lowest BCUT2D eigenvalue weighted by Crippen LogP contribution is -2.57.